The van der Waals surface area contributed by atoms with Crippen LogP contribution in [0.2, 0.25) is 0 Å². The fourth-order valence-corrected chi connectivity index (χ4v) is 10.9. The van der Waals surface area contributed by atoms with Gasteiger partial charge in [-0.15, -0.1) is 11.3 Å². The maximum Gasteiger partial charge on any atom is 0.135 e. The second kappa shape index (κ2) is 16.2. The van der Waals surface area contributed by atoms with Crippen LogP contribution in [-0.2, 0) is 0 Å². The highest BCUT2D eigenvalue weighted by Crippen LogP contribution is 2.41. The quantitative estimate of drug-likeness (QED) is 0.151. The molecule has 3 heteroatoms. The minimum absolute atomic E-state index is 0.904. The highest BCUT2D eigenvalue weighted by molar-refractivity contribution is 7.25. The number of nitrogens with zero attached hydrogens (tertiary/aromatic N) is 1. The number of para-hydroxylation sites is 1. The van der Waals surface area contributed by atoms with Crippen molar-refractivity contribution in [2.24, 2.45) is 0 Å². The zero-order valence-electron chi connectivity index (χ0n) is 36.4. The first kappa shape index (κ1) is 38.9. The number of fused-ring (bicyclic) bond motifs is 7. The van der Waals surface area contributed by atoms with E-state index in [-0.39, 0.29) is 0 Å². The van der Waals surface area contributed by atoms with E-state index >= 15 is 0 Å². The van der Waals surface area contributed by atoms with Crippen molar-refractivity contribution in [1.29, 1.82) is 0 Å². The third-order valence-electron chi connectivity index (χ3n) is 13.3. The Morgan fingerprint density at radius 2 is 0.687 bits per heavy atom. The molecule has 2 aromatic heterocycles. The molecule has 2 heterocycles. The number of thiophene rings is 1. The van der Waals surface area contributed by atoms with Crippen molar-refractivity contribution in [1.82, 2.24) is 0 Å². The molecule has 13 rings (SSSR count). The highest BCUT2D eigenvalue weighted by Gasteiger charge is 2.16. The zero-order chi connectivity index (χ0) is 44.3. The van der Waals surface area contributed by atoms with Gasteiger partial charge in [0, 0.05) is 48.0 Å². The van der Waals surface area contributed by atoms with Crippen LogP contribution in [0.3, 0.4) is 0 Å². The minimum atomic E-state index is 0.904. The predicted molar refractivity (Wildman–Crippen MR) is 286 cm³/mol. The van der Waals surface area contributed by atoms with Gasteiger partial charge in [-0.2, -0.15) is 0 Å². The van der Waals surface area contributed by atoms with Gasteiger partial charge in [0.2, 0.25) is 0 Å². The summed E-state index contributed by atoms with van der Waals surface area (Å²) < 4.78 is 8.78. The third-order valence-corrected chi connectivity index (χ3v) is 14.4. The van der Waals surface area contributed by atoms with Gasteiger partial charge in [-0.1, -0.05) is 164 Å². The molecule has 0 aliphatic carbocycles. The second-order valence-electron chi connectivity index (χ2n) is 17.3. The topological polar surface area (TPSA) is 16.4 Å². The van der Waals surface area contributed by atoms with E-state index in [0.717, 1.165) is 50.1 Å². The molecule has 11 aromatic carbocycles. The van der Waals surface area contributed by atoms with Gasteiger partial charge in [0.05, 0.1) is 0 Å². The Morgan fingerprint density at radius 1 is 0.254 bits per heavy atom. The fourth-order valence-electron chi connectivity index (χ4n) is 9.77. The summed E-state index contributed by atoms with van der Waals surface area (Å²) in [5.74, 6) is 0. The number of hydrogen-bond donors (Lipinski definition) is 0. The monoisotopic (exact) mass is 871 g/mol. The van der Waals surface area contributed by atoms with Crippen LogP contribution in [0, 0.1) is 0 Å². The van der Waals surface area contributed by atoms with Gasteiger partial charge in [-0.05, 0) is 151 Å². The molecule has 0 atom stereocenters. The van der Waals surface area contributed by atoms with E-state index in [0.29, 0.717) is 0 Å². The molecule has 0 unspecified atom stereocenters. The molecular weight excluding hydrogens is 831 g/mol. The van der Waals surface area contributed by atoms with Gasteiger partial charge in [0.1, 0.15) is 11.2 Å². The average molecular weight is 872 g/mol. The Balaban J connectivity index is 0.819. The Hall–Kier alpha value is -8.50. The van der Waals surface area contributed by atoms with Gasteiger partial charge in [-0.3, -0.25) is 0 Å². The average Bonchev–Trinajstić information content (AvgIpc) is 3.97. The van der Waals surface area contributed by atoms with E-state index in [9.17, 15) is 0 Å². The molecular formula is C64H41NOS. The Morgan fingerprint density at radius 3 is 1.36 bits per heavy atom. The molecule has 67 heavy (non-hydrogen) atoms. The van der Waals surface area contributed by atoms with Crippen LogP contribution >= 0.6 is 11.3 Å². The largest absolute Gasteiger partial charge is 0.456 e. The Labute approximate surface area is 392 Å². The maximum absolute atomic E-state index is 6.14. The first-order chi connectivity index (χ1) is 33.1. The lowest BCUT2D eigenvalue weighted by molar-refractivity contribution is 0.669. The predicted octanol–water partition coefficient (Wildman–Crippen LogP) is 18.9. The van der Waals surface area contributed by atoms with Crippen LogP contribution in [-0.4, -0.2) is 0 Å². The molecule has 0 radical (unpaired) electrons. The molecule has 314 valence electrons. The first-order valence-electron chi connectivity index (χ1n) is 22.8. The number of hydrogen-bond acceptors (Lipinski definition) is 3. The van der Waals surface area contributed by atoms with E-state index in [1.807, 2.05) is 23.5 Å². The van der Waals surface area contributed by atoms with Crippen LogP contribution in [0.5, 0.6) is 0 Å². The molecule has 0 spiro atoms. The SMILES string of the molecule is c1cc(-c2ccc(-c3ccc(N(c4ccc(-c5ccc6oc7ccccc7c6c5)cc4)c4ccc(-c5ccc6sc7ccccc7c6c5)cc4)cc3)cc2)cc(-c2ccc3ccccc3c2)c1. The summed E-state index contributed by atoms with van der Waals surface area (Å²) in [5, 5.41) is 7.40. The summed E-state index contributed by atoms with van der Waals surface area (Å²) in [6.07, 6.45) is 0. The highest BCUT2D eigenvalue weighted by atomic mass is 32.1. The molecule has 0 N–H and O–H groups in total. The van der Waals surface area contributed by atoms with Crippen molar-refractivity contribution in [3.8, 4) is 55.6 Å². The van der Waals surface area contributed by atoms with Crippen molar-refractivity contribution in [2.45, 2.75) is 0 Å². The fraction of sp³-hybridized carbons (Fsp3) is 0. The van der Waals surface area contributed by atoms with Crippen LogP contribution < -0.4 is 4.90 Å². The van der Waals surface area contributed by atoms with Crippen LogP contribution in [0.25, 0.3) is 109 Å². The van der Waals surface area contributed by atoms with Crippen molar-refractivity contribution >= 4 is 81.3 Å². The summed E-state index contributed by atoms with van der Waals surface area (Å²) in [6.45, 7) is 0. The summed E-state index contributed by atoms with van der Waals surface area (Å²) in [4.78, 5) is 2.35. The van der Waals surface area contributed by atoms with Crippen LogP contribution in [0.4, 0.5) is 17.1 Å². The Bertz CT molecular complexity index is 3800. The lowest BCUT2D eigenvalue weighted by atomic mass is 9.96. The number of furan rings is 1. The van der Waals surface area contributed by atoms with Crippen molar-refractivity contribution in [3.05, 3.63) is 249 Å². The summed E-state index contributed by atoms with van der Waals surface area (Å²) in [5.41, 5.74) is 17.0. The molecule has 0 aliphatic heterocycles. The molecule has 0 saturated carbocycles. The van der Waals surface area contributed by atoms with Gasteiger partial charge in [-0.25, -0.2) is 0 Å². The van der Waals surface area contributed by atoms with Crippen molar-refractivity contribution in [2.75, 3.05) is 4.90 Å². The van der Waals surface area contributed by atoms with Gasteiger partial charge in [0.15, 0.2) is 0 Å². The minimum Gasteiger partial charge on any atom is -0.456 e. The van der Waals surface area contributed by atoms with E-state index in [1.165, 1.54) is 75.5 Å². The van der Waals surface area contributed by atoms with Gasteiger partial charge in [0.25, 0.3) is 0 Å². The lowest BCUT2D eigenvalue weighted by Gasteiger charge is -2.26. The smallest absolute Gasteiger partial charge is 0.135 e. The molecule has 0 fully saturated rings. The molecule has 0 amide bonds. The summed E-state index contributed by atoms with van der Waals surface area (Å²) in [7, 11) is 0. The van der Waals surface area contributed by atoms with Gasteiger partial charge < -0.3 is 9.32 Å². The Kier molecular flexibility index (Phi) is 9.40. The van der Waals surface area contributed by atoms with Crippen LogP contribution in [0.15, 0.2) is 253 Å². The lowest BCUT2D eigenvalue weighted by Crippen LogP contribution is -2.09. The van der Waals surface area contributed by atoms with E-state index in [4.69, 9.17) is 4.42 Å². The van der Waals surface area contributed by atoms with Crippen molar-refractivity contribution < 1.29 is 4.42 Å². The van der Waals surface area contributed by atoms with E-state index in [1.54, 1.807) is 0 Å². The summed E-state index contributed by atoms with van der Waals surface area (Å²) in [6, 6.07) is 90.3. The number of rotatable bonds is 8. The summed E-state index contributed by atoms with van der Waals surface area (Å²) >= 11 is 1.86. The van der Waals surface area contributed by atoms with Crippen LogP contribution in [0.1, 0.15) is 0 Å². The zero-order valence-corrected chi connectivity index (χ0v) is 37.3. The molecule has 0 aliphatic rings. The maximum atomic E-state index is 6.14. The van der Waals surface area contributed by atoms with E-state index in [2.05, 4.69) is 241 Å². The molecule has 0 bridgehead atoms. The second-order valence-corrected chi connectivity index (χ2v) is 18.4. The number of anilines is 3. The third kappa shape index (κ3) is 7.14. The molecule has 2 nitrogen and oxygen atoms in total. The molecule has 13 aromatic rings. The van der Waals surface area contributed by atoms with Gasteiger partial charge >= 0.3 is 0 Å². The standard InChI is InChI=1S/C64H41NOS/c1-2-9-48-39-51(21-20-42(48)8-1)50-11-7-10-49(38-50)45-18-16-43(17-19-45)44-22-30-54(31-23-44)65(55-32-24-46(25-33-55)52-28-36-62-59(40-52)57-12-3-5-14-61(57)66-62)56-34-26-47(27-35-56)53-29-37-64-60(41-53)58-13-4-6-15-63(58)67-64/h1-41H. The molecule has 0 saturated heterocycles. The van der Waals surface area contributed by atoms with Crippen molar-refractivity contribution in [3.63, 3.8) is 0 Å². The first-order valence-corrected chi connectivity index (χ1v) is 23.6. The normalized spacial score (nSPS) is 11.6. The van der Waals surface area contributed by atoms with E-state index < -0.39 is 0 Å². The number of benzene rings is 11.